The molecule has 0 aliphatic carbocycles. The fourth-order valence-electron chi connectivity index (χ4n) is 2.91. The Bertz CT molecular complexity index is 867. The highest BCUT2D eigenvalue weighted by molar-refractivity contribution is 5.93. The first-order valence-corrected chi connectivity index (χ1v) is 8.68. The number of carbonyl (C=O) groups excluding carboxylic acids is 1. The molecule has 0 aromatic heterocycles. The Morgan fingerprint density at radius 3 is 2.56 bits per heavy atom. The molecule has 3 nitrogen and oxygen atoms in total. The van der Waals surface area contributed by atoms with Crippen LogP contribution in [0.4, 0.5) is 5.69 Å². The minimum atomic E-state index is -0.149. The summed E-state index contributed by atoms with van der Waals surface area (Å²) in [6.45, 7) is 4.30. The molecule has 0 aliphatic heterocycles. The van der Waals surface area contributed by atoms with E-state index in [1.807, 2.05) is 60.7 Å². The minimum absolute atomic E-state index is 0.0111. The van der Waals surface area contributed by atoms with Gasteiger partial charge in [-0.1, -0.05) is 68.4 Å². The molecular formula is C22H23NO2. The van der Waals surface area contributed by atoms with Crippen LogP contribution in [-0.2, 0) is 4.79 Å². The molecule has 3 heteroatoms. The Labute approximate surface area is 148 Å². The van der Waals surface area contributed by atoms with Crippen molar-refractivity contribution in [1.29, 1.82) is 0 Å². The third kappa shape index (κ3) is 4.00. The first-order chi connectivity index (χ1) is 12.2. The summed E-state index contributed by atoms with van der Waals surface area (Å²) in [5.74, 6) is 0.975. The van der Waals surface area contributed by atoms with E-state index in [0.29, 0.717) is 5.92 Å². The molecule has 0 saturated heterocycles. The van der Waals surface area contributed by atoms with Gasteiger partial charge in [-0.05, 0) is 35.4 Å². The maximum absolute atomic E-state index is 12.3. The molecular weight excluding hydrogens is 310 g/mol. The van der Waals surface area contributed by atoms with Crippen LogP contribution in [0.2, 0.25) is 0 Å². The van der Waals surface area contributed by atoms with Crippen LogP contribution in [0.5, 0.6) is 5.75 Å². The lowest BCUT2D eigenvalue weighted by molar-refractivity contribution is -0.118. The number of nitrogens with one attached hydrogen (secondary N) is 1. The number of fused-ring (bicyclic) bond motifs is 1. The van der Waals surface area contributed by atoms with E-state index in [9.17, 15) is 4.79 Å². The lowest BCUT2D eigenvalue weighted by atomic mass is 9.97. The van der Waals surface area contributed by atoms with Crippen LogP contribution in [0.15, 0.2) is 66.7 Å². The fourth-order valence-corrected chi connectivity index (χ4v) is 2.91. The molecule has 1 N–H and O–H groups in total. The summed E-state index contributed by atoms with van der Waals surface area (Å²) in [6, 6.07) is 21.8. The molecule has 128 valence electrons. The molecule has 0 aliphatic rings. The number of hydrogen-bond acceptors (Lipinski definition) is 2. The highest BCUT2D eigenvalue weighted by Gasteiger charge is 2.12. The quantitative estimate of drug-likeness (QED) is 0.658. The third-order valence-electron chi connectivity index (χ3n) is 4.49. The van der Waals surface area contributed by atoms with Gasteiger partial charge in [0.25, 0.3) is 5.91 Å². The van der Waals surface area contributed by atoms with Gasteiger partial charge in [0.1, 0.15) is 5.75 Å². The Morgan fingerprint density at radius 1 is 1.00 bits per heavy atom. The van der Waals surface area contributed by atoms with Crippen molar-refractivity contribution in [3.8, 4) is 5.75 Å². The highest BCUT2D eigenvalue weighted by Crippen LogP contribution is 2.27. The van der Waals surface area contributed by atoms with E-state index in [0.717, 1.165) is 34.2 Å². The molecule has 3 rings (SSSR count). The van der Waals surface area contributed by atoms with Crippen molar-refractivity contribution in [2.24, 2.45) is 0 Å². The lowest BCUT2D eigenvalue weighted by Crippen LogP contribution is -2.21. The smallest absolute Gasteiger partial charge is 0.262 e. The van der Waals surface area contributed by atoms with Crippen molar-refractivity contribution < 1.29 is 9.53 Å². The Morgan fingerprint density at radius 2 is 1.72 bits per heavy atom. The van der Waals surface area contributed by atoms with E-state index in [4.69, 9.17) is 4.74 Å². The summed E-state index contributed by atoms with van der Waals surface area (Å²) in [6.07, 6.45) is 1.03. The largest absolute Gasteiger partial charge is 0.483 e. The summed E-state index contributed by atoms with van der Waals surface area (Å²) in [5.41, 5.74) is 2.02. The molecule has 0 heterocycles. The van der Waals surface area contributed by atoms with Gasteiger partial charge in [0, 0.05) is 11.1 Å². The average Bonchev–Trinajstić information content (AvgIpc) is 2.66. The van der Waals surface area contributed by atoms with Crippen LogP contribution in [0.3, 0.4) is 0 Å². The molecule has 1 unspecified atom stereocenters. The summed E-state index contributed by atoms with van der Waals surface area (Å²) < 4.78 is 5.77. The molecule has 25 heavy (non-hydrogen) atoms. The van der Waals surface area contributed by atoms with Crippen molar-refractivity contribution >= 4 is 22.4 Å². The second kappa shape index (κ2) is 7.84. The zero-order valence-corrected chi connectivity index (χ0v) is 14.7. The molecule has 0 bridgehead atoms. The number of hydrogen-bond donors (Lipinski definition) is 1. The van der Waals surface area contributed by atoms with Crippen molar-refractivity contribution in [3.05, 3.63) is 72.3 Å². The van der Waals surface area contributed by atoms with Crippen LogP contribution in [0.25, 0.3) is 10.8 Å². The van der Waals surface area contributed by atoms with Gasteiger partial charge in [0.05, 0.1) is 0 Å². The number of benzene rings is 3. The van der Waals surface area contributed by atoms with Crippen LogP contribution in [0, 0.1) is 0 Å². The second-order valence-corrected chi connectivity index (χ2v) is 6.21. The molecule has 0 fully saturated rings. The van der Waals surface area contributed by atoms with Crippen molar-refractivity contribution in [2.45, 2.75) is 26.2 Å². The van der Waals surface area contributed by atoms with Gasteiger partial charge in [-0.25, -0.2) is 0 Å². The maximum Gasteiger partial charge on any atom is 0.262 e. The van der Waals surface area contributed by atoms with E-state index < -0.39 is 0 Å². The number of para-hydroxylation sites is 1. The average molecular weight is 333 g/mol. The summed E-state index contributed by atoms with van der Waals surface area (Å²) in [5, 5.41) is 5.09. The molecule has 3 aromatic rings. The first-order valence-electron chi connectivity index (χ1n) is 8.68. The van der Waals surface area contributed by atoms with Crippen LogP contribution < -0.4 is 10.1 Å². The summed E-state index contributed by atoms with van der Waals surface area (Å²) in [4.78, 5) is 12.3. The van der Waals surface area contributed by atoms with Gasteiger partial charge in [0.2, 0.25) is 0 Å². The van der Waals surface area contributed by atoms with Crippen LogP contribution in [0.1, 0.15) is 31.7 Å². The maximum atomic E-state index is 12.3. The summed E-state index contributed by atoms with van der Waals surface area (Å²) >= 11 is 0. The lowest BCUT2D eigenvalue weighted by Gasteiger charge is -2.16. The molecule has 1 amide bonds. The highest BCUT2D eigenvalue weighted by atomic mass is 16.5. The summed E-state index contributed by atoms with van der Waals surface area (Å²) in [7, 11) is 0. The number of carbonyl (C=O) groups is 1. The van der Waals surface area contributed by atoms with Gasteiger partial charge in [-0.3, -0.25) is 4.79 Å². The van der Waals surface area contributed by atoms with Gasteiger partial charge >= 0.3 is 0 Å². The predicted molar refractivity (Wildman–Crippen MR) is 103 cm³/mol. The molecule has 0 saturated carbocycles. The van der Waals surface area contributed by atoms with E-state index >= 15 is 0 Å². The predicted octanol–water partition coefficient (Wildman–Crippen LogP) is 5.37. The fraction of sp³-hybridized carbons (Fsp3) is 0.227. The van der Waals surface area contributed by atoms with Gasteiger partial charge in [0.15, 0.2) is 6.61 Å². The minimum Gasteiger partial charge on any atom is -0.483 e. The van der Waals surface area contributed by atoms with E-state index in [-0.39, 0.29) is 12.5 Å². The van der Waals surface area contributed by atoms with E-state index in [2.05, 4.69) is 25.2 Å². The zero-order chi connectivity index (χ0) is 17.6. The molecule has 3 aromatic carbocycles. The Hall–Kier alpha value is -2.81. The van der Waals surface area contributed by atoms with Crippen molar-refractivity contribution in [3.63, 3.8) is 0 Å². The SMILES string of the molecule is CCC(C)c1ccccc1NC(=O)COc1cccc2ccccc12. The number of amides is 1. The van der Waals surface area contributed by atoms with Gasteiger partial charge < -0.3 is 10.1 Å². The third-order valence-corrected chi connectivity index (χ3v) is 4.49. The standard InChI is InChI=1S/C22H23NO2/c1-3-16(2)18-11-6-7-13-20(18)23-22(24)15-25-21-14-8-10-17-9-4-5-12-19(17)21/h4-14,16H,3,15H2,1-2H3,(H,23,24). The normalized spacial score (nSPS) is 11.9. The first kappa shape index (κ1) is 17.0. The topological polar surface area (TPSA) is 38.3 Å². The van der Waals surface area contributed by atoms with Crippen molar-refractivity contribution in [2.75, 3.05) is 11.9 Å². The van der Waals surface area contributed by atoms with Crippen LogP contribution in [-0.4, -0.2) is 12.5 Å². The van der Waals surface area contributed by atoms with Gasteiger partial charge in [-0.2, -0.15) is 0 Å². The molecule has 0 spiro atoms. The number of rotatable bonds is 6. The van der Waals surface area contributed by atoms with E-state index in [1.54, 1.807) is 0 Å². The van der Waals surface area contributed by atoms with Crippen molar-refractivity contribution in [1.82, 2.24) is 0 Å². The molecule has 1 atom stereocenters. The number of ether oxygens (including phenoxy) is 1. The monoisotopic (exact) mass is 333 g/mol. The Balaban J connectivity index is 1.69. The molecule has 0 radical (unpaired) electrons. The Kier molecular flexibility index (Phi) is 5.34. The van der Waals surface area contributed by atoms with Crippen LogP contribution >= 0.6 is 0 Å². The van der Waals surface area contributed by atoms with Gasteiger partial charge in [-0.15, -0.1) is 0 Å². The van der Waals surface area contributed by atoms with E-state index in [1.165, 1.54) is 0 Å². The number of anilines is 1. The zero-order valence-electron chi connectivity index (χ0n) is 14.7. The second-order valence-electron chi connectivity index (χ2n) is 6.21.